The molecule has 13 heteroatoms. The van der Waals surface area contributed by atoms with E-state index in [1.54, 1.807) is 12.3 Å². The predicted molar refractivity (Wildman–Crippen MR) is 128 cm³/mol. The van der Waals surface area contributed by atoms with Gasteiger partial charge in [0.2, 0.25) is 0 Å². The summed E-state index contributed by atoms with van der Waals surface area (Å²) in [6.45, 7) is 1.84. The third-order valence-corrected chi connectivity index (χ3v) is 7.00. The molecule has 1 unspecified atom stereocenters. The fraction of sp³-hybridized carbons (Fsp3) is 0.520. The van der Waals surface area contributed by atoms with E-state index < -0.39 is 23.5 Å². The summed E-state index contributed by atoms with van der Waals surface area (Å²) >= 11 is 0. The Kier molecular flexibility index (Phi) is 7.96. The number of hydrogen-bond acceptors (Lipinski definition) is 6. The summed E-state index contributed by atoms with van der Waals surface area (Å²) < 4.78 is 80.8. The summed E-state index contributed by atoms with van der Waals surface area (Å²) in [7, 11) is 3.57. The van der Waals surface area contributed by atoms with Crippen molar-refractivity contribution in [1.29, 1.82) is 0 Å². The summed E-state index contributed by atoms with van der Waals surface area (Å²) in [6, 6.07) is 5.51. The first kappa shape index (κ1) is 27.8. The highest BCUT2D eigenvalue weighted by molar-refractivity contribution is 5.39. The zero-order valence-electron chi connectivity index (χ0n) is 21.3. The number of nitrogens with zero attached hydrogens (tertiary/aromatic N) is 7. The van der Waals surface area contributed by atoms with Crippen LogP contribution in [-0.4, -0.2) is 43.2 Å². The van der Waals surface area contributed by atoms with Gasteiger partial charge in [0, 0.05) is 31.4 Å². The van der Waals surface area contributed by atoms with E-state index in [0.717, 1.165) is 36.2 Å². The van der Waals surface area contributed by atoms with Gasteiger partial charge < -0.3 is 4.90 Å². The zero-order valence-corrected chi connectivity index (χ0v) is 21.3. The van der Waals surface area contributed by atoms with Crippen LogP contribution in [0.4, 0.5) is 32.3 Å². The first-order chi connectivity index (χ1) is 17.8. The highest BCUT2D eigenvalue weighted by Crippen LogP contribution is 2.37. The third-order valence-electron chi connectivity index (χ3n) is 7.00. The SMILES string of the molecule is CC(c1ncccc1CN(Cc1cc(C(F)(F)F)cc(C(F)(F)F)c1)c1nnn(C)n1)N(C)C1CCCC1. The molecule has 0 bridgehead atoms. The van der Waals surface area contributed by atoms with Crippen LogP contribution in [0.2, 0.25) is 0 Å². The fourth-order valence-electron chi connectivity index (χ4n) is 4.92. The number of benzene rings is 1. The lowest BCUT2D eigenvalue weighted by molar-refractivity contribution is -0.143. The number of pyridine rings is 1. The molecule has 7 nitrogen and oxygen atoms in total. The number of aryl methyl sites for hydroxylation is 1. The second-order valence-corrected chi connectivity index (χ2v) is 9.68. The molecule has 206 valence electrons. The van der Waals surface area contributed by atoms with Crippen molar-refractivity contribution in [1.82, 2.24) is 30.1 Å². The molecule has 3 aromatic rings. The Labute approximate surface area is 216 Å². The molecule has 1 saturated carbocycles. The number of hydrogen-bond donors (Lipinski definition) is 0. The average Bonchev–Trinajstić information content (AvgIpc) is 3.54. The van der Waals surface area contributed by atoms with Gasteiger partial charge in [-0.05, 0) is 67.4 Å². The molecule has 1 aliphatic rings. The van der Waals surface area contributed by atoms with Crippen molar-refractivity contribution in [2.45, 2.75) is 70.1 Å². The monoisotopic (exact) mass is 541 g/mol. The van der Waals surface area contributed by atoms with Crippen LogP contribution in [0, 0.1) is 0 Å². The first-order valence-electron chi connectivity index (χ1n) is 12.3. The maximum absolute atomic E-state index is 13.5. The van der Waals surface area contributed by atoms with Gasteiger partial charge in [-0.1, -0.05) is 24.0 Å². The van der Waals surface area contributed by atoms with Gasteiger partial charge in [-0.3, -0.25) is 9.88 Å². The molecule has 1 aliphatic carbocycles. The van der Waals surface area contributed by atoms with Gasteiger partial charge in [-0.15, -0.1) is 5.10 Å². The number of anilines is 1. The Bertz CT molecular complexity index is 1200. The standard InChI is InChI=1S/C25H29F6N7/c1-16(36(2)21-8-4-5-9-21)22-18(7-6-10-32-22)15-38(23-33-35-37(3)34-23)14-17-11-19(24(26,27)28)13-20(12-17)25(29,30)31/h6-7,10-13,16,21H,4-5,8-9,14-15H2,1-3H3. The Morgan fingerprint density at radius 2 is 1.63 bits per heavy atom. The smallest absolute Gasteiger partial charge is 0.329 e. The van der Waals surface area contributed by atoms with Crippen molar-refractivity contribution in [3.63, 3.8) is 0 Å². The van der Waals surface area contributed by atoms with Crippen molar-refractivity contribution in [2.24, 2.45) is 7.05 Å². The van der Waals surface area contributed by atoms with Crippen LogP contribution < -0.4 is 4.90 Å². The van der Waals surface area contributed by atoms with Gasteiger partial charge >= 0.3 is 12.4 Å². The lowest BCUT2D eigenvalue weighted by atomic mass is 10.0. The number of tetrazole rings is 1. The molecule has 1 fully saturated rings. The molecule has 0 radical (unpaired) electrons. The Morgan fingerprint density at radius 1 is 1.00 bits per heavy atom. The minimum absolute atomic E-state index is 0.0589. The average molecular weight is 542 g/mol. The quantitative estimate of drug-likeness (QED) is 0.337. The van der Waals surface area contributed by atoms with Crippen molar-refractivity contribution in [3.8, 4) is 0 Å². The van der Waals surface area contributed by atoms with Gasteiger partial charge in [0.05, 0.1) is 23.9 Å². The molecule has 4 rings (SSSR count). The van der Waals surface area contributed by atoms with Crippen LogP contribution in [0.5, 0.6) is 0 Å². The Hall–Kier alpha value is -3.22. The number of halogens is 6. The first-order valence-corrected chi connectivity index (χ1v) is 12.3. The maximum atomic E-state index is 13.5. The highest BCUT2D eigenvalue weighted by atomic mass is 19.4. The Morgan fingerprint density at radius 3 is 2.18 bits per heavy atom. The van der Waals surface area contributed by atoms with Crippen molar-refractivity contribution in [3.05, 3.63) is 64.5 Å². The molecule has 1 atom stereocenters. The largest absolute Gasteiger partial charge is 0.416 e. The molecule has 0 N–H and O–H groups in total. The summed E-state index contributed by atoms with van der Waals surface area (Å²) in [5, 5.41) is 11.9. The van der Waals surface area contributed by atoms with Crippen LogP contribution in [0.1, 0.15) is 66.6 Å². The van der Waals surface area contributed by atoms with Crippen LogP contribution >= 0.6 is 0 Å². The van der Waals surface area contributed by atoms with Gasteiger partial charge in [-0.2, -0.15) is 31.1 Å². The van der Waals surface area contributed by atoms with E-state index in [-0.39, 0.29) is 36.7 Å². The minimum atomic E-state index is -4.94. The highest BCUT2D eigenvalue weighted by Gasteiger charge is 2.37. The van der Waals surface area contributed by atoms with Gasteiger partial charge in [0.1, 0.15) is 0 Å². The van der Waals surface area contributed by atoms with Crippen LogP contribution in [0.15, 0.2) is 36.5 Å². The lowest BCUT2D eigenvalue weighted by Crippen LogP contribution is -2.33. The topological polar surface area (TPSA) is 63.0 Å². The third kappa shape index (κ3) is 6.43. The van der Waals surface area contributed by atoms with Crippen LogP contribution in [0.3, 0.4) is 0 Å². The normalized spacial score (nSPS) is 15.8. The molecule has 2 heterocycles. The molecule has 2 aromatic heterocycles. The zero-order chi connectivity index (χ0) is 27.7. The molecular weight excluding hydrogens is 512 g/mol. The van der Waals surface area contributed by atoms with Gasteiger partial charge in [0.15, 0.2) is 0 Å². The van der Waals surface area contributed by atoms with Crippen LogP contribution in [0.25, 0.3) is 0 Å². The van der Waals surface area contributed by atoms with E-state index in [2.05, 4.69) is 25.3 Å². The minimum Gasteiger partial charge on any atom is -0.329 e. The van der Waals surface area contributed by atoms with E-state index in [1.807, 2.05) is 20.0 Å². The molecule has 38 heavy (non-hydrogen) atoms. The molecule has 0 saturated heterocycles. The summed E-state index contributed by atoms with van der Waals surface area (Å²) in [6.07, 6.45) is -3.69. The van der Waals surface area contributed by atoms with Crippen molar-refractivity contribution >= 4 is 5.95 Å². The second kappa shape index (κ2) is 10.9. The van der Waals surface area contributed by atoms with Gasteiger partial charge in [0.25, 0.3) is 5.95 Å². The summed E-state index contributed by atoms with van der Waals surface area (Å²) in [5.74, 6) is 0.0741. The van der Waals surface area contributed by atoms with Crippen molar-refractivity contribution < 1.29 is 26.3 Å². The molecular formula is C25H29F6N7. The number of rotatable bonds is 8. The molecule has 0 amide bonds. The van der Waals surface area contributed by atoms with E-state index in [4.69, 9.17) is 0 Å². The fourth-order valence-corrected chi connectivity index (χ4v) is 4.92. The van der Waals surface area contributed by atoms with E-state index in [1.165, 1.54) is 29.6 Å². The van der Waals surface area contributed by atoms with Gasteiger partial charge in [-0.25, -0.2) is 0 Å². The molecule has 0 aliphatic heterocycles. The molecule has 0 spiro atoms. The molecule has 1 aromatic carbocycles. The van der Waals surface area contributed by atoms with E-state index in [0.29, 0.717) is 6.04 Å². The predicted octanol–water partition coefficient (Wildman–Crippen LogP) is 5.78. The summed E-state index contributed by atoms with van der Waals surface area (Å²) in [5.41, 5.74) is -1.39. The number of aromatic nitrogens is 5. The van der Waals surface area contributed by atoms with Crippen molar-refractivity contribution in [2.75, 3.05) is 11.9 Å². The van der Waals surface area contributed by atoms with Crippen LogP contribution in [-0.2, 0) is 32.5 Å². The van der Waals surface area contributed by atoms with E-state index in [9.17, 15) is 26.3 Å². The summed E-state index contributed by atoms with van der Waals surface area (Å²) in [4.78, 5) is 9.55. The maximum Gasteiger partial charge on any atom is 0.416 e. The Balaban J connectivity index is 1.69. The lowest BCUT2D eigenvalue weighted by Gasteiger charge is -2.32. The second-order valence-electron chi connectivity index (χ2n) is 9.68. The van der Waals surface area contributed by atoms with E-state index >= 15 is 0 Å². The number of alkyl halides is 6.